The normalized spacial score (nSPS) is 13.1. The molecule has 0 spiro atoms. The molecule has 0 saturated carbocycles. The van der Waals surface area contributed by atoms with E-state index in [2.05, 4.69) is 4.98 Å². The number of aromatic nitrogens is 2. The first-order chi connectivity index (χ1) is 7.16. The van der Waals surface area contributed by atoms with Crippen LogP contribution in [0.25, 0.3) is 4.96 Å². The van der Waals surface area contributed by atoms with Crippen LogP contribution in [0.3, 0.4) is 0 Å². The predicted octanol–water partition coefficient (Wildman–Crippen LogP) is 1.39. The van der Waals surface area contributed by atoms with Crippen LogP contribution in [-0.4, -0.2) is 26.6 Å². The third-order valence-corrected chi connectivity index (χ3v) is 2.74. The van der Waals surface area contributed by atoms with Crippen LogP contribution in [0.4, 0.5) is 0 Å². The summed E-state index contributed by atoms with van der Waals surface area (Å²) in [5.74, 6) is -0.962. The summed E-state index contributed by atoms with van der Waals surface area (Å²) in [5.41, 5.74) is 0.745. The Balaban J connectivity index is 2.01. The van der Waals surface area contributed by atoms with Gasteiger partial charge in [-0.2, -0.15) is 0 Å². The average molecular weight is 226 g/mol. The van der Waals surface area contributed by atoms with Crippen LogP contribution in [0.15, 0.2) is 17.8 Å². The van der Waals surface area contributed by atoms with Gasteiger partial charge in [0.1, 0.15) is 0 Å². The number of rotatable bonds is 4. The first-order valence-corrected chi connectivity index (χ1v) is 5.30. The number of hydrogen-bond acceptors (Lipinski definition) is 4. The molecule has 2 rings (SSSR count). The molecule has 0 amide bonds. The summed E-state index contributed by atoms with van der Waals surface area (Å²) in [6.45, 7) is 1.72. The molecule has 1 unspecified atom stereocenters. The van der Waals surface area contributed by atoms with Gasteiger partial charge < -0.3 is 9.84 Å². The Morgan fingerprint density at radius 1 is 1.80 bits per heavy atom. The molecular formula is C9H10N2O3S. The molecule has 15 heavy (non-hydrogen) atoms. The first kappa shape index (κ1) is 10.1. The van der Waals surface area contributed by atoms with Crippen molar-refractivity contribution in [2.45, 2.75) is 19.6 Å². The van der Waals surface area contributed by atoms with Gasteiger partial charge in [0.2, 0.25) is 0 Å². The van der Waals surface area contributed by atoms with Crippen LogP contribution in [-0.2, 0) is 16.1 Å². The molecule has 5 nitrogen and oxygen atoms in total. The fraction of sp³-hybridized carbons (Fsp3) is 0.333. The second-order valence-electron chi connectivity index (χ2n) is 3.12. The smallest absolute Gasteiger partial charge is 0.332 e. The monoisotopic (exact) mass is 226 g/mol. The van der Waals surface area contributed by atoms with E-state index in [9.17, 15) is 4.79 Å². The van der Waals surface area contributed by atoms with Gasteiger partial charge in [0.25, 0.3) is 0 Å². The van der Waals surface area contributed by atoms with E-state index in [0.29, 0.717) is 0 Å². The number of ether oxygens (including phenoxy) is 1. The van der Waals surface area contributed by atoms with Crippen LogP contribution in [0.1, 0.15) is 12.6 Å². The Morgan fingerprint density at radius 2 is 2.60 bits per heavy atom. The summed E-state index contributed by atoms with van der Waals surface area (Å²) in [5, 5.41) is 10.5. The van der Waals surface area contributed by atoms with Gasteiger partial charge in [0.05, 0.1) is 12.3 Å². The number of aliphatic carboxylic acids is 1. The Labute approximate surface area is 89.9 Å². The fourth-order valence-electron chi connectivity index (χ4n) is 1.13. The van der Waals surface area contributed by atoms with Gasteiger partial charge in [0.15, 0.2) is 11.1 Å². The van der Waals surface area contributed by atoms with Crippen molar-refractivity contribution < 1.29 is 14.6 Å². The highest BCUT2D eigenvalue weighted by Crippen LogP contribution is 2.12. The van der Waals surface area contributed by atoms with Crippen LogP contribution in [0.5, 0.6) is 0 Å². The summed E-state index contributed by atoms with van der Waals surface area (Å²) in [4.78, 5) is 15.6. The molecule has 2 aromatic heterocycles. The molecule has 0 saturated heterocycles. The van der Waals surface area contributed by atoms with Gasteiger partial charge in [-0.15, -0.1) is 11.3 Å². The topological polar surface area (TPSA) is 63.8 Å². The lowest BCUT2D eigenvalue weighted by atomic mass is 10.4. The van der Waals surface area contributed by atoms with Gasteiger partial charge in [-0.3, -0.25) is 4.40 Å². The maximum Gasteiger partial charge on any atom is 0.332 e. The standard InChI is InChI=1S/C9H10N2O3S/c1-6(8(12)13)14-5-7-4-11-2-3-15-9(11)10-7/h2-4,6H,5H2,1H3,(H,12,13). The number of nitrogens with zero attached hydrogens (tertiary/aromatic N) is 2. The highest BCUT2D eigenvalue weighted by atomic mass is 32.1. The van der Waals surface area contributed by atoms with Crippen LogP contribution in [0, 0.1) is 0 Å². The Morgan fingerprint density at radius 3 is 3.27 bits per heavy atom. The summed E-state index contributed by atoms with van der Waals surface area (Å²) >= 11 is 1.53. The van der Waals surface area contributed by atoms with Crippen molar-refractivity contribution in [2.24, 2.45) is 0 Å². The second-order valence-corrected chi connectivity index (χ2v) is 3.99. The Kier molecular flexibility index (Phi) is 2.70. The molecule has 0 aliphatic heterocycles. The van der Waals surface area contributed by atoms with Gasteiger partial charge in [0, 0.05) is 17.8 Å². The highest BCUT2D eigenvalue weighted by Gasteiger charge is 2.12. The van der Waals surface area contributed by atoms with Crippen molar-refractivity contribution in [1.82, 2.24) is 9.38 Å². The largest absolute Gasteiger partial charge is 0.479 e. The predicted molar refractivity (Wildman–Crippen MR) is 55.0 cm³/mol. The number of fused-ring (bicyclic) bond motifs is 1. The number of carbonyl (C=O) groups is 1. The summed E-state index contributed by atoms with van der Waals surface area (Å²) < 4.78 is 7.00. The molecule has 0 aliphatic carbocycles. The van der Waals surface area contributed by atoms with E-state index < -0.39 is 12.1 Å². The molecule has 80 valence electrons. The summed E-state index contributed by atoms with van der Waals surface area (Å²) in [6, 6.07) is 0. The van der Waals surface area contributed by atoms with Gasteiger partial charge in [-0.25, -0.2) is 9.78 Å². The SMILES string of the molecule is CC(OCc1cn2ccsc2n1)C(=O)O. The number of carboxylic acid groups (broad SMARTS) is 1. The van der Waals surface area contributed by atoms with Gasteiger partial charge >= 0.3 is 5.97 Å². The Hall–Kier alpha value is -1.40. The maximum absolute atomic E-state index is 10.5. The molecule has 2 aromatic rings. The van der Waals surface area contributed by atoms with Crippen molar-refractivity contribution in [1.29, 1.82) is 0 Å². The minimum absolute atomic E-state index is 0.224. The van der Waals surface area contributed by atoms with E-state index in [0.717, 1.165) is 10.7 Å². The molecule has 0 bridgehead atoms. The lowest BCUT2D eigenvalue weighted by Gasteiger charge is -2.05. The highest BCUT2D eigenvalue weighted by molar-refractivity contribution is 7.15. The number of thiazole rings is 1. The van der Waals surface area contributed by atoms with Crippen LogP contribution >= 0.6 is 11.3 Å². The number of imidazole rings is 1. The first-order valence-electron chi connectivity index (χ1n) is 4.42. The fourth-order valence-corrected chi connectivity index (χ4v) is 1.85. The summed E-state index contributed by atoms with van der Waals surface area (Å²) in [6.07, 6.45) is 2.93. The molecular weight excluding hydrogens is 216 g/mol. The third-order valence-electron chi connectivity index (χ3n) is 1.97. The Bertz CT molecular complexity index is 448. The van der Waals surface area contributed by atoms with Crippen LogP contribution in [0.2, 0.25) is 0 Å². The van der Waals surface area contributed by atoms with E-state index in [4.69, 9.17) is 9.84 Å². The maximum atomic E-state index is 10.5. The lowest BCUT2D eigenvalue weighted by Crippen LogP contribution is -2.19. The molecule has 0 aromatic carbocycles. The third kappa shape index (κ3) is 2.16. The summed E-state index contributed by atoms with van der Waals surface area (Å²) in [7, 11) is 0. The van der Waals surface area contributed by atoms with Crippen LogP contribution < -0.4 is 0 Å². The van der Waals surface area contributed by atoms with Crippen molar-refractivity contribution >= 4 is 22.3 Å². The molecule has 0 fully saturated rings. The molecule has 0 radical (unpaired) electrons. The quantitative estimate of drug-likeness (QED) is 0.855. The van der Waals surface area contributed by atoms with E-state index in [1.165, 1.54) is 18.3 Å². The van der Waals surface area contributed by atoms with E-state index >= 15 is 0 Å². The molecule has 2 heterocycles. The van der Waals surface area contributed by atoms with E-state index in [-0.39, 0.29) is 6.61 Å². The van der Waals surface area contributed by atoms with Crippen molar-refractivity contribution in [2.75, 3.05) is 0 Å². The number of carboxylic acids is 1. The zero-order chi connectivity index (χ0) is 10.8. The average Bonchev–Trinajstić information content (AvgIpc) is 2.72. The molecule has 0 aliphatic rings. The molecule has 1 N–H and O–H groups in total. The number of hydrogen-bond donors (Lipinski definition) is 1. The van der Waals surface area contributed by atoms with Crippen molar-refractivity contribution in [3.8, 4) is 0 Å². The van der Waals surface area contributed by atoms with Crippen molar-refractivity contribution in [3.05, 3.63) is 23.5 Å². The second kappa shape index (κ2) is 4.00. The minimum Gasteiger partial charge on any atom is -0.479 e. The molecule has 1 atom stereocenters. The van der Waals surface area contributed by atoms with Gasteiger partial charge in [-0.1, -0.05) is 0 Å². The van der Waals surface area contributed by atoms with E-state index in [1.54, 1.807) is 0 Å². The van der Waals surface area contributed by atoms with Gasteiger partial charge in [-0.05, 0) is 6.92 Å². The van der Waals surface area contributed by atoms with Crippen molar-refractivity contribution in [3.63, 3.8) is 0 Å². The zero-order valence-electron chi connectivity index (χ0n) is 8.08. The lowest BCUT2D eigenvalue weighted by molar-refractivity contribution is -0.149. The van der Waals surface area contributed by atoms with E-state index in [1.807, 2.05) is 22.2 Å². The molecule has 6 heteroatoms. The zero-order valence-corrected chi connectivity index (χ0v) is 8.90. The minimum atomic E-state index is -0.962.